The van der Waals surface area contributed by atoms with E-state index in [0.717, 1.165) is 41.9 Å². The van der Waals surface area contributed by atoms with Crippen LogP contribution in [0.4, 0.5) is 0 Å². The van der Waals surface area contributed by atoms with Crippen molar-refractivity contribution in [1.29, 1.82) is 0 Å². The molecule has 0 radical (unpaired) electrons. The van der Waals surface area contributed by atoms with Crippen molar-refractivity contribution in [3.8, 4) is 11.5 Å². The summed E-state index contributed by atoms with van der Waals surface area (Å²) < 4.78 is 41.0. The highest BCUT2D eigenvalue weighted by Gasteiger charge is 2.23. The molecule has 2 unspecified atom stereocenters. The van der Waals surface area contributed by atoms with E-state index in [9.17, 15) is 29.4 Å². The van der Waals surface area contributed by atoms with E-state index in [4.69, 9.17) is 37.9 Å². The topological polar surface area (TPSA) is 183 Å². The van der Waals surface area contributed by atoms with Crippen molar-refractivity contribution >= 4 is 23.9 Å². The molecule has 0 aromatic heterocycles. The van der Waals surface area contributed by atoms with Gasteiger partial charge in [-0.05, 0) is 41.8 Å². The fourth-order valence-electron chi connectivity index (χ4n) is 4.31. The maximum absolute atomic E-state index is 11.0. The Morgan fingerprint density at radius 3 is 1.14 bits per heavy atom. The predicted molar refractivity (Wildman–Crippen MR) is 208 cm³/mol. The van der Waals surface area contributed by atoms with Crippen LogP contribution in [0.25, 0.3) is 0 Å². The number of carbonyl (C=O) groups excluding carboxylic acids is 4. The second-order valence-corrected chi connectivity index (χ2v) is 12.3. The average Bonchev–Trinajstić information content (AvgIpc) is 3.22. The van der Waals surface area contributed by atoms with Gasteiger partial charge in [-0.25, -0.2) is 19.2 Å². The summed E-state index contributed by atoms with van der Waals surface area (Å²) >= 11 is 0. The summed E-state index contributed by atoms with van der Waals surface area (Å²) in [6.45, 7) is 20.0. The van der Waals surface area contributed by atoms with Gasteiger partial charge in [0.25, 0.3) is 0 Å². The number of rotatable bonds is 28. The lowest BCUT2D eigenvalue weighted by Gasteiger charge is -2.26. The molecule has 56 heavy (non-hydrogen) atoms. The van der Waals surface area contributed by atoms with Crippen LogP contribution in [0.5, 0.6) is 11.5 Å². The minimum Gasteiger partial charge on any atom is -0.491 e. The molecule has 2 aromatic carbocycles. The van der Waals surface area contributed by atoms with Gasteiger partial charge >= 0.3 is 23.9 Å². The number of ether oxygens (including phenoxy) is 8. The summed E-state index contributed by atoms with van der Waals surface area (Å²) in [6, 6.07) is 15.1. The van der Waals surface area contributed by atoms with E-state index >= 15 is 0 Å². The van der Waals surface area contributed by atoms with Gasteiger partial charge in [-0.3, -0.25) is 0 Å². The van der Waals surface area contributed by atoms with E-state index in [1.165, 1.54) is 0 Å². The molecule has 0 fully saturated rings. The number of esters is 4. The molecule has 0 heterocycles. The Balaban J connectivity index is 0.000000640. The molecule has 0 aliphatic carbocycles. The first-order chi connectivity index (χ1) is 26.9. The Labute approximate surface area is 329 Å². The van der Waals surface area contributed by atoms with Gasteiger partial charge in [0.1, 0.15) is 50.1 Å². The Kier molecular flexibility index (Phi) is 25.3. The maximum Gasteiger partial charge on any atom is 0.330 e. The number of benzene rings is 2. The number of carbonyl (C=O) groups is 4. The molecule has 0 saturated carbocycles. The first-order valence-electron chi connectivity index (χ1n) is 18.0. The molecule has 0 saturated heterocycles. The molecule has 14 nitrogen and oxygen atoms in total. The van der Waals surface area contributed by atoms with E-state index in [0.29, 0.717) is 64.0 Å². The molecule has 0 aliphatic rings. The monoisotopic (exact) mass is 784 g/mol. The highest BCUT2D eigenvalue weighted by Crippen LogP contribution is 2.33. The van der Waals surface area contributed by atoms with Crippen LogP contribution >= 0.6 is 0 Å². The predicted octanol–water partition coefficient (Wildman–Crippen LogP) is 4.60. The summed E-state index contributed by atoms with van der Waals surface area (Å²) in [7, 11) is 0. The first-order valence-corrected chi connectivity index (χ1v) is 18.0. The fourth-order valence-corrected chi connectivity index (χ4v) is 4.31. The Hall–Kier alpha value is -5.28. The molecule has 2 rings (SSSR count). The highest BCUT2D eigenvalue weighted by atomic mass is 16.6. The van der Waals surface area contributed by atoms with E-state index in [2.05, 4.69) is 40.2 Å². The van der Waals surface area contributed by atoms with E-state index in [1.807, 2.05) is 48.5 Å². The normalized spacial score (nSPS) is 11.6. The summed E-state index contributed by atoms with van der Waals surface area (Å²) in [6.07, 6.45) is 4.56. The molecule has 0 bridgehead atoms. The highest BCUT2D eigenvalue weighted by molar-refractivity contribution is 5.82. The fraction of sp³-hybridized carbons (Fsp3) is 0.429. The molecule has 2 aromatic rings. The van der Waals surface area contributed by atoms with Crippen molar-refractivity contribution in [3.05, 3.63) is 110 Å². The number of aliphatic hydroxyl groups is 2. The van der Waals surface area contributed by atoms with Gasteiger partial charge in [0.2, 0.25) is 0 Å². The summed E-state index contributed by atoms with van der Waals surface area (Å²) in [5.74, 6) is -0.859. The molecule has 2 atom stereocenters. The van der Waals surface area contributed by atoms with Gasteiger partial charge in [0.05, 0.1) is 13.2 Å². The van der Waals surface area contributed by atoms with Gasteiger partial charge in [-0.2, -0.15) is 0 Å². The van der Waals surface area contributed by atoms with Crippen LogP contribution in [0.2, 0.25) is 0 Å². The molecule has 0 spiro atoms. The zero-order valence-corrected chi connectivity index (χ0v) is 32.4. The molecule has 308 valence electrons. The molecular weight excluding hydrogens is 728 g/mol. The van der Waals surface area contributed by atoms with Crippen molar-refractivity contribution < 1.29 is 67.3 Å². The molecule has 0 aliphatic heterocycles. The second-order valence-electron chi connectivity index (χ2n) is 12.3. The van der Waals surface area contributed by atoms with Gasteiger partial charge in [0.15, 0.2) is 0 Å². The number of aliphatic hydroxyl groups excluding tert-OH is 2. The van der Waals surface area contributed by atoms with Crippen molar-refractivity contribution in [2.24, 2.45) is 0 Å². The minimum atomic E-state index is -0.945. The summed E-state index contributed by atoms with van der Waals surface area (Å²) in [5, 5.41) is 19.7. The third-order valence-electron chi connectivity index (χ3n) is 7.47. The average molecular weight is 785 g/mol. The van der Waals surface area contributed by atoms with E-state index < -0.39 is 36.1 Å². The SMILES string of the molecule is C=CC(=O)OCC(O)COc1ccc(C(C)(C)c2ccc(OCC(O)COC(=O)C=C)cc2)cc1.C=CC(=O)OCCCOCCCOCCCOC(=O)C=C. The van der Waals surface area contributed by atoms with Gasteiger partial charge < -0.3 is 48.1 Å². The van der Waals surface area contributed by atoms with Crippen LogP contribution in [0, 0.1) is 0 Å². The zero-order valence-electron chi connectivity index (χ0n) is 32.4. The molecule has 14 heteroatoms. The first kappa shape index (κ1) is 48.7. The van der Waals surface area contributed by atoms with Crippen molar-refractivity contribution in [2.75, 3.05) is 66.1 Å². The molecular formula is C42H56O14. The Morgan fingerprint density at radius 2 is 0.821 bits per heavy atom. The maximum atomic E-state index is 11.0. The van der Waals surface area contributed by atoms with Crippen LogP contribution < -0.4 is 9.47 Å². The summed E-state index contributed by atoms with van der Waals surface area (Å²) in [5.41, 5.74) is 1.80. The van der Waals surface area contributed by atoms with Crippen LogP contribution in [0.3, 0.4) is 0 Å². The van der Waals surface area contributed by atoms with Gasteiger partial charge in [-0.15, -0.1) is 0 Å². The lowest BCUT2D eigenvalue weighted by atomic mass is 9.78. The van der Waals surface area contributed by atoms with Crippen molar-refractivity contribution in [2.45, 2.75) is 50.7 Å². The smallest absolute Gasteiger partial charge is 0.330 e. The number of hydrogen-bond acceptors (Lipinski definition) is 14. The lowest BCUT2D eigenvalue weighted by Crippen LogP contribution is -2.25. The van der Waals surface area contributed by atoms with E-state index in [1.54, 1.807) is 0 Å². The second kappa shape index (κ2) is 29.1. The zero-order chi connectivity index (χ0) is 41.6. The van der Waals surface area contributed by atoms with Gasteiger partial charge in [-0.1, -0.05) is 64.4 Å². The van der Waals surface area contributed by atoms with Crippen LogP contribution in [-0.4, -0.2) is 112 Å². The largest absolute Gasteiger partial charge is 0.491 e. The van der Waals surface area contributed by atoms with Crippen LogP contribution in [0.1, 0.15) is 44.2 Å². The van der Waals surface area contributed by atoms with Gasteiger partial charge in [0, 0.05) is 69.0 Å². The Morgan fingerprint density at radius 1 is 0.518 bits per heavy atom. The Bertz CT molecular complexity index is 1370. The minimum absolute atomic E-state index is 0.0139. The van der Waals surface area contributed by atoms with Crippen LogP contribution in [0.15, 0.2) is 99.2 Å². The third-order valence-corrected chi connectivity index (χ3v) is 7.47. The number of hydrogen-bond donors (Lipinski definition) is 2. The standard InChI is InChI=1S/C27H32O8.C15H24O6/c1-5-25(30)34-17-21(28)15-32-23-11-7-19(8-12-23)27(3,4)20-9-13-24(14-10-20)33-16-22(29)18-35-26(31)6-2;1-3-14(16)20-12-6-10-18-8-5-9-19-11-7-13-21-15(17)4-2/h5-14,21-22,28-29H,1-2,15-18H2,3-4H3;3-4H,1-2,5-13H2. The molecule has 2 N–H and O–H groups in total. The van der Waals surface area contributed by atoms with E-state index in [-0.39, 0.29) is 31.8 Å². The van der Waals surface area contributed by atoms with Crippen LogP contribution in [-0.2, 0) is 53.0 Å². The van der Waals surface area contributed by atoms with Crippen molar-refractivity contribution in [1.82, 2.24) is 0 Å². The third kappa shape index (κ3) is 22.2. The summed E-state index contributed by atoms with van der Waals surface area (Å²) in [4.78, 5) is 43.5. The van der Waals surface area contributed by atoms with Crippen molar-refractivity contribution in [3.63, 3.8) is 0 Å². The lowest BCUT2D eigenvalue weighted by molar-refractivity contribution is -0.142. The quantitative estimate of drug-likeness (QED) is 0.0529. The molecule has 0 amide bonds.